The van der Waals surface area contributed by atoms with Crippen LogP contribution in [0.2, 0.25) is 0 Å². The number of nitrogens with zero attached hydrogens (tertiary/aromatic N) is 2. The minimum atomic E-state index is -3.75. The van der Waals surface area contributed by atoms with Crippen molar-refractivity contribution >= 4 is 15.8 Å². The first-order valence-electron chi connectivity index (χ1n) is 4.57. The number of hydrogen-bond acceptors (Lipinski definition) is 5. The summed E-state index contributed by atoms with van der Waals surface area (Å²) in [4.78, 5) is 13.0. The molecule has 0 bridgehead atoms. The Morgan fingerprint density at radius 2 is 2.06 bits per heavy atom. The van der Waals surface area contributed by atoms with Gasteiger partial charge in [0.1, 0.15) is 4.90 Å². The summed E-state index contributed by atoms with van der Waals surface area (Å²) in [5.74, 6) is 0.110. The van der Waals surface area contributed by atoms with Gasteiger partial charge in [-0.3, -0.25) is 9.52 Å². The largest absolute Gasteiger partial charge is 0.328 e. The number of H-pyrrole nitrogens is 1. The molecule has 0 unspecified atom stereocenters. The lowest BCUT2D eigenvalue weighted by Crippen LogP contribution is -2.16. The summed E-state index contributed by atoms with van der Waals surface area (Å²) in [6.45, 7) is 0. The van der Waals surface area contributed by atoms with E-state index in [-0.39, 0.29) is 16.3 Å². The zero-order valence-corrected chi connectivity index (χ0v) is 9.31. The van der Waals surface area contributed by atoms with E-state index in [0.717, 1.165) is 12.3 Å². The van der Waals surface area contributed by atoms with Gasteiger partial charge in [0.05, 0.1) is 0 Å². The molecule has 17 heavy (non-hydrogen) atoms. The lowest BCUT2D eigenvalue weighted by molar-refractivity contribution is 0.600. The van der Waals surface area contributed by atoms with Crippen molar-refractivity contribution in [3.63, 3.8) is 0 Å². The molecule has 2 N–H and O–H groups in total. The number of pyridine rings is 1. The maximum atomic E-state index is 11.8. The van der Waals surface area contributed by atoms with Crippen LogP contribution < -0.4 is 10.3 Å². The Balaban J connectivity index is 2.32. The van der Waals surface area contributed by atoms with E-state index in [1.807, 2.05) is 0 Å². The Bertz CT molecular complexity index is 646. The first kappa shape index (κ1) is 11.3. The monoisotopic (exact) mass is 252 g/mol. The van der Waals surface area contributed by atoms with Crippen LogP contribution in [0.15, 0.2) is 46.3 Å². The number of nitrogens with one attached hydrogen (secondary N) is 2. The third-order valence-corrected chi connectivity index (χ3v) is 3.23. The van der Waals surface area contributed by atoms with Crippen LogP contribution in [0.4, 0.5) is 5.82 Å². The molecule has 0 radical (unpaired) electrons. The van der Waals surface area contributed by atoms with Crippen molar-refractivity contribution in [1.82, 2.24) is 15.2 Å². The molecule has 2 aromatic rings. The topological polar surface area (TPSA) is 105 Å². The number of sulfonamides is 1. The number of rotatable bonds is 3. The van der Waals surface area contributed by atoms with Crippen LogP contribution in [0.3, 0.4) is 0 Å². The van der Waals surface area contributed by atoms with E-state index in [1.165, 1.54) is 18.3 Å². The van der Waals surface area contributed by atoms with Crippen LogP contribution in [0.5, 0.6) is 0 Å². The minimum absolute atomic E-state index is 0.0530. The smallest absolute Gasteiger partial charge is 0.264 e. The summed E-state index contributed by atoms with van der Waals surface area (Å²) in [5.41, 5.74) is -0.372. The SMILES string of the molecule is O=c1ccc(S(=O)(=O)Nc2cccnn2)c[nH]1. The summed E-state index contributed by atoms with van der Waals surface area (Å²) in [7, 11) is -3.75. The van der Waals surface area contributed by atoms with E-state index >= 15 is 0 Å². The number of hydrogen-bond donors (Lipinski definition) is 2. The van der Waals surface area contributed by atoms with Gasteiger partial charge < -0.3 is 4.98 Å². The fourth-order valence-electron chi connectivity index (χ4n) is 1.12. The molecule has 0 aliphatic carbocycles. The predicted molar refractivity (Wildman–Crippen MR) is 59.9 cm³/mol. The molecule has 0 aromatic carbocycles. The quantitative estimate of drug-likeness (QED) is 0.797. The summed E-state index contributed by atoms with van der Waals surface area (Å²) in [6.07, 6.45) is 2.54. The number of aromatic nitrogens is 3. The highest BCUT2D eigenvalue weighted by molar-refractivity contribution is 7.92. The molecular weight excluding hydrogens is 244 g/mol. The molecule has 0 aliphatic rings. The van der Waals surface area contributed by atoms with Crippen LogP contribution in [0.25, 0.3) is 0 Å². The molecule has 7 nitrogen and oxygen atoms in total. The van der Waals surface area contributed by atoms with Crippen LogP contribution >= 0.6 is 0 Å². The van der Waals surface area contributed by atoms with E-state index in [1.54, 1.807) is 6.07 Å². The van der Waals surface area contributed by atoms with Crippen molar-refractivity contribution in [2.45, 2.75) is 4.90 Å². The molecule has 8 heteroatoms. The maximum absolute atomic E-state index is 11.8. The second kappa shape index (κ2) is 4.34. The van der Waals surface area contributed by atoms with E-state index in [9.17, 15) is 13.2 Å². The summed E-state index contributed by atoms with van der Waals surface area (Å²) < 4.78 is 25.9. The Morgan fingerprint density at radius 3 is 2.65 bits per heavy atom. The van der Waals surface area contributed by atoms with Gasteiger partial charge in [-0.15, -0.1) is 5.10 Å². The fourth-order valence-corrected chi connectivity index (χ4v) is 2.08. The summed E-state index contributed by atoms with van der Waals surface area (Å²) in [6, 6.07) is 5.36. The molecule has 0 amide bonds. The van der Waals surface area contributed by atoms with E-state index < -0.39 is 10.0 Å². The van der Waals surface area contributed by atoms with Gasteiger partial charge in [-0.25, -0.2) is 8.42 Å². The second-order valence-corrected chi connectivity index (χ2v) is 4.79. The third-order valence-electron chi connectivity index (χ3n) is 1.88. The first-order valence-corrected chi connectivity index (χ1v) is 6.05. The van der Waals surface area contributed by atoms with Crippen molar-refractivity contribution < 1.29 is 8.42 Å². The average molecular weight is 252 g/mol. The Morgan fingerprint density at radius 1 is 1.24 bits per heavy atom. The average Bonchev–Trinajstić information content (AvgIpc) is 2.30. The lowest BCUT2D eigenvalue weighted by Gasteiger charge is -2.05. The van der Waals surface area contributed by atoms with Crippen molar-refractivity contribution in [2.24, 2.45) is 0 Å². The van der Waals surface area contributed by atoms with Crippen molar-refractivity contribution in [1.29, 1.82) is 0 Å². The summed E-state index contributed by atoms with van der Waals surface area (Å²) >= 11 is 0. The minimum Gasteiger partial charge on any atom is -0.328 e. The Hall–Kier alpha value is -2.22. The molecule has 2 heterocycles. The Labute approximate surface area is 96.6 Å². The molecule has 88 valence electrons. The lowest BCUT2D eigenvalue weighted by atomic mass is 10.5. The molecule has 0 saturated carbocycles. The van der Waals surface area contributed by atoms with Gasteiger partial charge in [0.15, 0.2) is 5.82 Å². The maximum Gasteiger partial charge on any atom is 0.264 e. The molecule has 0 spiro atoms. The second-order valence-electron chi connectivity index (χ2n) is 3.10. The van der Waals surface area contributed by atoms with E-state index in [0.29, 0.717) is 0 Å². The molecular formula is C9H8N4O3S. The van der Waals surface area contributed by atoms with Crippen molar-refractivity contribution in [2.75, 3.05) is 4.72 Å². The van der Waals surface area contributed by atoms with Gasteiger partial charge >= 0.3 is 0 Å². The highest BCUT2D eigenvalue weighted by Crippen LogP contribution is 2.10. The molecule has 0 fully saturated rings. The van der Waals surface area contributed by atoms with Crippen LogP contribution in [0.1, 0.15) is 0 Å². The normalized spacial score (nSPS) is 11.1. The predicted octanol–water partition coefficient (Wildman–Crippen LogP) is -0.0343. The van der Waals surface area contributed by atoms with Crippen molar-refractivity contribution in [3.05, 3.63) is 47.0 Å². The Kier molecular flexibility index (Phi) is 2.88. The number of anilines is 1. The molecule has 0 saturated heterocycles. The van der Waals surface area contributed by atoms with Gasteiger partial charge in [-0.1, -0.05) is 0 Å². The van der Waals surface area contributed by atoms with Crippen molar-refractivity contribution in [3.8, 4) is 0 Å². The van der Waals surface area contributed by atoms with Gasteiger partial charge in [0, 0.05) is 18.5 Å². The molecule has 2 aromatic heterocycles. The first-order chi connectivity index (χ1) is 8.08. The van der Waals surface area contributed by atoms with Crippen LogP contribution in [-0.4, -0.2) is 23.6 Å². The molecule has 0 aliphatic heterocycles. The van der Waals surface area contributed by atoms with Gasteiger partial charge in [-0.05, 0) is 18.2 Å². The molecule has 0 atom stereocenters. The highest BCUT2D eigenvalue weighted by atomic mass is 32.2. The van der Waals surface area contributed by atoms with E-state index in [2.05, 4.69) is 19.9 Å². The van der Waals surface area contributed by atoms with Crippen LogP contribution in [0, 0.1) is 0 Å². The zero-order chi connectivity index (χ0) is 12.3. The zero-order valence-electron chi connectivity index (χ0n) is 8.49. The van der Waals surface area contributed by atoms with Crippen LogP contribution in [-0.2, 0) is 10.0 Å². The third kappa shape index (κ3) is 2.67. The summed E-state index contributed by atoms with van der Waals surface area (Å²) in [5, 5.41) is 7.14. The highest BCUT2D eigenvalue weighted by Gasteiger charge is 2.14. The molecule has 2 rings (SSSR count). The fraction of sp³-hybridized carbons (Fsp3) is 0. The van der Waals surface area contributed by atoms with E-state index in [4.69, 9.17) is 0 Å². The van der Waals surface area contributed by atoms with Gasteiger partial charge in [0.25, 0.3) is 10.0 Å². The number of aromatic amines is 1. The standard InChI is InChI=1S/C9H8N4O3S/c14-9-4-3-7(6-10-9)17(15,16)13-8-2-1-5-11-12-8/h1-6H,(H,10,14)(H,12,13). The van der Waals surface area contributed by atoms with Gasteiger partial charge in [0.2, 0.25) is 5.56 Å². The van der Waals surface area contributed by atoms with Gasteiger partial charge in [-0.2, -0.15) is 5.10 Å².